The van der Waals surface area contributed by atoms with Crippen LogP contribution in [-0.4, -0.2) is 24.5 Å². The standard InChI is InChI=1S/C19H18N2O2/c1-23-17-10-8-15(9-11-17)18-3-2-12-21(18)19(22)16-6-4-14(13-20)5-7-16/h4-11,18H,2-3,12H2,1H3/t18-/m1/s1. The normalized spacial score (nSPS) is 16.9. The summed E-state index contributed by atoms with van der Waals surface area (Å²) in [6.07, 6.45) is 1.97. The molecule has 2 aromatic rings. The SMILES string of the molecule is COc1ccc([C@H]2CCCN2C(=O)c2ccc(C#N)cc2)cc1. The van der Waals surface area contributed by atoms with Crippen LogP contribution < -0.4 is 4.74 Å². The monoisotopic (exact) mass is 306 g/mol. The molecule has 1 aliphatic heterocycles. The molecule has 1 aliphatic rings. The third-order valence-corrected chi connectivity index (χ3v) is 4.28. The van der Waals surface area contributed by atoms with E-state index in [1.807, 2.05) is 29.2 Å². The number of nitriles is 1. The molecular weight excluding hydrogens is 288 g/mol. The van der Waals surface area contributed by atoms with Gasteiger partial charge in [-0.05, 0) is 54.8 Å². The minimum absolute atomic E-state index is 0.0211. The molecule has 4 heteroatoms. The van der Waals surface area contributed by atoms with Crippen LogP contribution >= 0.6 is 0 Å². The van der Waals surface area contributed by atoms with Gasteiger partial charge in [-0.15, -0.1) is 0 Å². The van der Waals surface area contributed by atoms with Crippen molar-refractivity contribution in [2.75, 3.05) is 13.7 Å². The molecule has 3 rings (SSSR count). The second kappa shape index (κ2) is 6.53. The van der Waals surface area contributed by atoms with E-state index < -0.39 is 0 Å². The Balaban J connectivity index is 1.82. The summed E-state index contributed by atoms with van der Waals surface area (Å²) in [4.78, 5) is 14.7. The van der Waals surface area contributed by atoms with Gasteiger partial charge in [-0.3, -0.25) is 4.79 Å². The number of carbonyl (C=O) groups excluding carboxylic acids is 1. The van der Waals surface area contributed by atoms with E-state index in [0.717, 1.165) is 30.7 Å². The van der Waals surface area contributed by atoms with E-state index in [9.17, 15) is 4.79 Å². The summed E-state index contributed by atoms with van der Waals surface area (Å²) in [5.74, 6) is 0.838. The first-order valence-electron chi connectivity index (χ1n) is 7.68. The minimum Gasteiger partial charge on any atom is -0.497 e. The van der Waals surface area contributed by atoms with Gasteiger partial charge < -0.3 is 9.64 Å². The van der Waals surface area contributed by atoms with E-state index in [0.29, 0.717) is 11.1 Å². The van der Waals surface area contributed by atoms with Gasteiger partial charge in [0.1, 0.15) is 5.75 Å². The molecule has 0 saturated carbocycles. The summed E-state index contributed by atoms with van der Waals surface area (Å²) < 4.78 is 5.19. The van der Waals surface area contributed by atoms with E-state index in [1.165, 1.54) is 0 Å². The highest BCUT2D eigenvalue weighted by molar-refractivity contribution is 5.94. The largest absolute Gasteiger partial charge is 0.497 e. The lowest BCUT2D eigenvalue weighted by atomic mass is 10.0. The van der Waals surface area contributed by atoms with E-state index >= 15 is 0 Å². The molecule has 2 aromatic carbocycles. The molecule has 1 heterocycles. The summed E-state index contributed by atoms with van der Waals surface area (Å²) in [5, 5.41) is 8.86. The maximum absolute atomic E-state index is 12.8. The first-order valence-corrected chi connectivity index (χ1v) is 7.68. The average Bonchev–Trinajstić information content (AvgIpc) is 3.11. The summed E-state index contributed by atoms with van der Waals surface area (Å²) in [6.45, 7) is 0.759. The fourth-order valence-corrected chi connectivity index (χ4v) is 3.04. The van der Waals surface area contributed by atoms with Crippen LogP contribution in [-0.2, 0) is 0 Å². The Morgan fingerprint density at radius 3 is 2.48 bits per heavy atom. The van der Waals surface area contributed by atoms with Crippen LogP contribution in [0.15, 0.2) is 48.5 Å². The van der Waals surface area contributed by atoms with Crippen molar-refractivity contribution < 1.29 is 9.53 Å². The number of likely N-dealkylation sites (tertiary alicyclic amines) is 1. The van der Waals surface area contributed by atoms with Crippen LogP contribution in [0.1, 0.15) is 40.4 Å². The topological polar surface area (TPSA) is 53.3 Å². The van der Waals surface area contributed by atoms with Gasteiger partial charge in [0.2, 0.25) is 0 Å². The van der Waals surface area contributed by atoms with Crippen molar-refractivity contribution in [1.82, 2.24) is 4.90 Å². The number of ether oxygens (including phenoxy) is 1. The second-order valence-corrected chi connectivity index (χ2v) is 5.62. The fourth-order valence-electron chi connectivity index (χ4n) is 3.04. The van der Waals surface area contributed by atoms with Crippen molar-refractivity contribution >= 4 is 5.91 Å². The van der Waals surface area contributed by atoms with Crippen molar-refractivity contribution in [2.45, 2.75) is 18.9 Å². The number of hydrogen-bond acceptors (Lipinski definition) is 3. The fraction of sp³-hybridized carbons (Fsp3) is 0.263. The van der Waals surface area contributed by atoms with Crippen LogP contribution in [0.5, 0.6) is 5.75 Å². The lowest BCUT2D eigenvalue weighted by molar-refractivity contribution is 0.0735. The van der Waals surface area contributed by atoms with Crippen molar-refractivity contribution in [3.8, 4) is 11.8 Å². The molecule has 1 fully saturated rings. The van der Waals surface area contributed by atoms with E-state index in [2.05, 4.69) is 6.07 Å². The van der Waals surface area contributed by atoms with Gasteiger partial charge in [-0.1, -0.05) is 12.1 Å². The molecule has 0 N–H and O–H groups in total. The number of methoxy groups -OCH3 is 1. The van der Waals surface area contributed by atoms with E-state index in [1.54, 1.807) is 31.4 Å². The summed E-state index contributed by atoms with van der Waals surface area (Å²) in [5.41, 5.74) is 2.32. The Morgan fingerprint density at radius 2 is 1.87 bits per heavy atom. The van der Waals surface area contributed by atoms with Crippen LogP contribution in [0, 0.1) is 11.3 Å². The number of amides is 1. The molecule has 1 saturated heterocycles. The van der Waals surface area contributed by atoms with Crippen molar-refractivity contribution in [1.29, 1.82) is 5.26 Å². The highest BCUT2D eigenvalue weighted by Crippen LogP contribution is 2.33. The van der Waals surface area contributed by atoms with Crippen LogP contribution in [0.25, 0.3) is 0 Å². The van der Waals surface area contributed by atoms with Crippen LogP contribution in [0.4, 0.5) is 0 Å². The summed E-state index contributed by atoms with van der Waals surface area (Å²) in [6, 6.07) is 16.9. The minimum atomic E-state index is 0.0211. The van der Waals surface area contributed by atoms with Crippen LogP contribution in [0.2, 0.25) is 0 Å². The molecule has 4 nitrogen and oxygen atoms in total. The Hall–Kier alpha value is -2.80. The average molecular weight is 306 g/mol. The summed E-state index contributed by atoms with van der Waals surface area (Å²) >= 11 is 0. The lowest BCUT2D eigenvalue weighted by Gasteiger charge is -2.25. The molecular formula is C19H18N2O2. The third-order valence-electron chi connectivity index (χ3n) is 4.28. The number of nitrogens with zero attached hydrogens (tertiary/aromatic N) is 2. The molecule has 0 unspecified atom stereocenters. The predicted octanol–water partition coefficient (Wildman–Crippen LogP) is 3.54. The molecule has 1 atom stereocenters. The Morgan fingerprint density at radius 1 is 1.17 bits per heavy atom. The van der Waals surface area contributed by atoms with Gasteiger partial charge in [0.15, 0.2) is 0 Å². The molecule has 1 amide bonds. The van der Waals surface area contributed by atoms with Gasteiger partial charge in [0.05, 0.1) is 24.8 Å². The van der Waals surface area contributed by atoms with E-state index in [4.69, 9.17) is 10.00 Å². The van der Waals surface area contributed by atoms with Crippen molar-refractivity contribution in [2.24, 2.45) is 0 Å². The number of carbonyl (C=O) groups is 1. The van der Waals surface area contributed by atoms with Gasteiger partial charge in [-0.25, -0.2) is 0 Å². The molecule has 0 aromatic heterocycles. The summed E-state index contributed by atoms with van der Waals surface area (Å²) in [7, 11) is 1.64. The van der Waals surface area contributed by atoms with Gasteiger partial charge in [0.25, 0.3) is 5.91 Å². The number of rotatable bonds is 3. The Labute approximate surface area is 135 Å². The van der Waals surface area contributed by atoms with Gasteiger partial charge >= 0.3 is 0 Å². The third kappa shape index (κ3) is 3.04. The zero-order valence-electron chi connectivity index (χ0n) is 13.0. The highest BCUT2D eigenvalue weighted by atomic mass is 16.5. The Kier molecular flexibility index (Phi) is 4.29. The molecule has 23 heavy (non-hydrogen) atoms. The maximum atomic E-state index is 12.8. The number of hydrogen-bond donors (Lipinski definition) is 0. The highest BCUT2D eigenvalue weighted by Gasteiger charge is 2.30. The first kappa shape index (κ1) is 15.1. The van der Waals surface area contributed by atoms with Crippen LogP contribution in [0.3, 0.4) is 0 Å². The molecule has 0 radical (unpaired) electrons. The van der Waals surface area contributed by atoms with Crippen molar-refractivity contribution in [3.05, 3.63) is 65.2 Å². The maximum Gasteiger partial charge on any atom is 0.254 e. The number of benzene rings is 2. The quantitative estimate of drug-likeness (QED) is 0.871. The zero-order valence-corrected chi connectivity index (χ0v) is 13.0. The molecule has 0 aliphatic carbocycles. The second-order valence-electron chi connectivity index (χ2n) is 5.62. The predicted molar refractivity (Wildman–Crippen MR) is 87.2 cm³/mol. The van der Waals surface area contributed by atoms with Gasteiger partial charge in [0, 0.05) is 12.1 Å². The Bertz CT molecular complexity index is 729. The molecule has 0 spiro atoms. The van der Waals surface area contributed by atoms with Crippen molar-refractivity contribution in [3.63, 3.8) is 0 Å². The first-order chi connectivity index (χ1) is 11.2. The lowest BCUT2D eigenvalue weighted by Crippen LogP contribution is -2.30. The zero-order chi connectivity index (χ0) is 16.2. The molecule has 116 valence electrons. The van der Waals surface area contributed by atoms with E-state index in [-0.39, 0.29) is 11.9 Å². The smallest absolute Gasteiger partial charge is 0.254 e. The molecule has 0 bridgehead atoms. The van der Waals surface area contributed by atoms with Gasteiger partial charge in [-0.2, -0.15) is 5.26 Å².